The SMILES string of the molecule is COC(=O)C[C@H](C(=O)OC)c1ccc(OC)c(OC)c1. The molecule has 0 amide bonds. The van der Waals surface area contributed by atoms with Crippen molar-refractivity contribution < 1.29 is 28.5 Å². The summed E-state index contributed by atoms with van der Waals surface area (Å²) in [5, 5.41) is 0. The fourth-order valence-corrected chi connectivity index (χ4v) is 1.80. The molecule has 0 heterocycles. The molecule has 0 bridgehead atoms. The second kappa shape index (κ2) is 7.37. The maximum absolute atomic E-state index is 11.8. The number of hydrogen-bond acceptors (Lipinski definition) is 6. The highest BCUT2D eigenvalue weighted by Crippen LogP contribution is 2.32. The first kappa shape index (κ1) is 15.8. The second-order valence-electron chi connectivity index (χ2n) is 3.97. The molecule has 0 unspecified atom stereocenters. The zero-order valence-corrected chi connectivity index (χ0v) is 12.0. The number of benzene rings is 1. The minimum Gasteiger partial charge on any atom is -0.493 e. The molecular formula is C14H18O6. The van der Waals surface area contributed by atoms with Gasteiger partial charge in [-0.3, -0.25) is 9.59 Å². The standard InChI is InChI=1S/C14H18O6/c1-17-11-6-5-9(7-12(11)18-2)10(14(16)20-4)8-13(15)19-3/h5-7,10H,8H2,1-4H3/t10-/m0/s1. The van der Waals surface area contributed by atoms with E-state index in [1.807, 2.05) is 0 Å². The van der Waals surface area contributed by atoms with Crippen LogP contribution < -0.4 is 9.47 Å². The molecule has 0 aliphatic rings. The van der Waals surface area contributed by atoms with Crippen LogP contribution in [0.4, 0.5) is 0 Å². The zero-order valence-electron chi connectivity index (χ0n) is 12.0. The molecule has 0 fully saturated rings. The molecule has 0 aromatic heterocycles. The third-order valence-corrected chi connectivity index (χ3v) is 2.89. The van der Waals surface area contributed by atoms with Gasteiger partial charge in [0.1, 0.15) is 0 Å². The van der Waals surface area contributed by atoms with Gasteiger partial charge < -0.3 is 18.9 Å². The first-order valence-electron chi connectivity index (χ1n) is 5.93. The Bertz CT molecular complexity index is 483. The van der Waals surface area contributed by atoms with E-state index in [0.717, 1.165) is 0 Å². The molecular weight excluding hydrogens is 264 g/mol. The molecule has 6 nitrogen and oxygen atoms in total. The molecule has 110 valence electrons. The van der Waals surface area contributed by atoms with Crippen LogP contribution >= 0.6 is 0 Å². The number of carbonyl (C=O) groups is 2. The molecule has 1 aromatic rings. The fraction of sp³-hybridized carbons (Fsp3) is 0.429. The summed E-state index contributed by atoms with van der Waals surface area (Å²) in [6.07, 6.45) is -0.0986. The average Bonchev–Trinajstić information content (AvgIpc) is 2.50. The number of esters is 2. The lowest BCUT2D eigenvalue weighted by atomic mass is 9.95. The molecule has 20 heavy (non-hydrogen) atoms. The summed E-state index contributed by atoms with van der Waals surface area (Å²) in [6, 6.07) is 5.00. The van der Waals surface area contributed by atoms with Crippen molar-refractivity contribution in [3.63, 3.8) is 0 Å². The Morgan fingerprint density at radius 1 is 1.00 bits per heavy atom. The van der Waals surface area contributed by atoms with Crippen molar-refractivity contribution in [2.45, 2.75) is 12.3 Å². The van der Waals surface area contributed by atoms with Crippen molar-refractivity contribution in [2.24, 2.45) is 0 Å². The highest BCUT2D eigenvalue weighted by atomic mass is 16.5. The van der Waals surface area contributed by atoms with E-state index >= 15 is 0 Å². The van der Waals surface area contributed by atoms with Gasteiger partial charge in [-0.1, -0.05) is 6.07 Å². The molecule has 0 aliphatic carbocycles. The number of rotatable bonds is 6. The summed E-state index contributed by atoms with van der Waals surface area (Å²) < 4.78 is 19.6. The summed E-state index contributed by atoms with van der Waals surface area (Å²) in [7, 11) is 5.55. The second-order valence-corrected chi connectivity index (χ2v) is 3.97. The lowest BCUT2D eigenvalue weighted by molar-refractivity contribution is -0.149. The predicted octanol–water partition coefficient (Wildman–Crippen LogP) is 1.52. The quantitative estimate of drug-likeness (QED) is 0.737. The maximum Gasteiger partial charge on any atom is 0.313 e. The largest absolute Gasteiger partial charge is 0.493 e. The van der Waals surface area contributed by atoms with Gasteiger partial charge in [0.25, 0.3) is 0 Å². The summed E-state index contributed by atoms with van der Waals surface area (Å²) in [5.41, 5.74) is 0.597. The topological polar surface area (TPSA) is 71.1 Å². The lowest BCUT2D eigenvalue weighted by Crippen LogP contribution is -2.19. The Morgan fingerprint density at radius 3 is 2.15 bits per heavy atom. The molecule has 1 rings (SSSR count). The van der Waals surface area contributed by atoms with E-state index < -0.39 is 17.9 Å². The van der Waals surface area contributed by atoms with Crippen LogP contribution in [0.3, 0.4) is 0 Å². The van der Waals surface area contributed by atoms with Crippen molar-refractivity contribution >= 4 is 11.9 Å². The molecule has 0 radical (unpaired) electrons. The molecule has 0 aliphatic heterocycles. The van der Waals surface area contributed by atoms with Crippen LogP contribution in [0.1, 0.15) is 17.9 Å². The molecule has 1 atom stereocenters. The van der Waals surface area contributed by atoms with E-state index in [1.54, 1.807) is 18.2 Å². The first-order valence-corrected chi connectivity index (χ1v) is 5.93. The molecule has 6 heteroatoms. The van der Waals surface area contributed by atoms with Crippen LogP contribution in [0.5, 0.6) is 11.5 Å². The van der Waals surface area contributed by atoms with Gasteiger partial charge in [-0.25, -0.2) is 0 Å². The lowest BCUT2D eigenvalue weighted by Gasteiger charge is -2.16. The van der Waals surface area contributed by atoms with Crippen molar-refractivity contribution in [3.8, 4) is 11.5 Å². The summed E-state index contributed by atoms with van der Waals surface area (Å²) >= 11 is 0. The maximum atomic E-state index is 11.8. The highest BCUT2D eigenvalue weighted by Gasteiger charge is 2.26. The van der Waals surface area contributed by atoms with Gasteiger partial charge in [0.05, 0.1) is 40.8 Å². The third-order valence-electron chi connectivity index (χ3n) is 2.89. The summed E-state index contributed by atoms with van der Waals surface area (Å²) in [4.78, 5) is 23.2. The van der Waals surface area contributed by atoms with Gasteiger partial charge in [0.2, 0.25) is 0 Å². The van der Waals surface area contributed by atoms with Crippen molar-refractivity contribution in [3.05, 3.63) is 23.8 Å². The van der Waals surface area contributed by atoms with Crippen molar-refractivity contribution in [1.82, 2.24) is 0 Å². The van der Waals surface area contributed by atoms with Gasteiger partial charge in [0.15, 0.2) is 11.5 Å². The van der Waals surface area contributed by atoms with Crippen LogP contribution in [-0.4, -0.2) is 40.4 Å². The minimum atomic E-state index is -0.743. The Labute approximate surface area is 117 Å². The summed E-state index contributed by atoms with van der Waals surface area (Å²) in [6.45, 7) is 0. The van der Waals surface area contributed by atoms with E-state index in [9.17, 15) is 9.59 Å². The number of ether oxygens (including phenoxy) is 4. The molecule has 0 N–H and O–H groups in total. The van der Waals surface area contributed by atoms with E-state index in [-0.39, 0.29) is 6.42 Å². The third kappa shape index (κ3) is 3.63. The van der Waals surface area contributed by atoms with Crippen molar-refractivity contribution in [1.29, 1.82) is 0 Å². The Morgan fingerprint density at radius 2 is 1.65 bits per heavy atom. The monoisotopic (exact) mass is 282 g/mol. The smallest absolute Gasteiger partial charge is 0.313 e. The number of hydrogen-bond donors (Lipinski definition) is 0. The zero-order chi connectivity index (χ0) is 15.1. The van der Waals surface area contributed by atoms with Gasteiger partial charge in [-0.05, 0) is 17.7 Å². The van der Waals surface area contributed by atoms with E-state index in [2.05, 4.69) is 4.74 Å². The Kier molecular flexibility index (Phi) is 5.83. The van der Waals surface area contributed by atoms with Crippen LogP contribution in [0.25, 0.3) is 0 Å². The minimum absolute atomic E-state index is 0.0986. The number of carbonyl (C=O) groups excluding carboxylic acids is 2. The first-order chi connectivity index (χ1) is 9.57. The van der Waals surface area contributed by atoms with E-state index in [0.29, 0.717) is 17.1 Å². The van der Waals surface area contributed by atoms with Crippen LogP contribution in [0, 0.1) is 0 Å². The van der Waals surface area contributed by atoms with Crippen LogP contribution in [0.2, 0.25) is 0 Å². The highest BCUT2D eigenvalue weighted by molar-refractivity contribution is 5.84. The average molecular weight is 282 g/mol. The Balaban J connectivity index is 3.13. The molecule has 1 aromatic carbocycles. The molecule has 0 spiro atoms. The van der Waals surface area contributed by atoms with Gasteiger partial charge in [-0.15, -0.1) is 0 Å². The fourth-order valence-electron chi connectivity index (χ4n) is 1.80. The summed E-state index contributed by atoms with van der Waals surface area (Å²) in [5.74, 6) is -0.730. The van der Waals surface area contributed by atoms with Crippen LogP contribution in [0.15, 0.2) is 18.2 Å². The van der Waals surface area contributed by atoms with E-state index in [4.69, 9.17) is 14.2 Å². The predicted molar refractivity (Wildman–Crippen MR) is 70.9 cm³/mol. The normalized spacial score (nSPS) is 11.4. The van der Waals surface area contributed by atoms with Gasteiger partial charge in [-0.2, -0.15) is 0 Å². The van der Waals surface area contributed by atoms with E-state index in [1.165, 1.54) is 28.4 Å². The Hall–Kier alpha value is -2.24. The van der Waals surface area contributed by atoms with Gasteiger partial charge in [0, 0.05) is 0 Å². The van der Waals surface area contributed by atoms with Gasteiger partial charge >= 0.3 is 11.9 Å². The van der Waals surface area contributed by atoms with Crippen molar-refractivity contribution in [2.75, 3.05) is 28.4 Å². The van der Waals surface area contributed by atoms with Crippen LogP contribution in [-0.2, 0) is 19.1 Å². The number of methoxy groups -OCH3 is 4. The molecule has 0 saturated carbocycles. The molecule has 0 saturated heterocycles.